The standard InChI is InChI=1S/C18H22FN2O9P/c1-9-5-10(2)14-11(6-9)7-27-31(26,30-14)28-8-18(19)15(24)13(23)16(29-18)21-4-3-12(22)20-17(21)25/h3-6,13,15-17,23-25H,7-8H2,1-2H3,(H,20,22)/t13-,15+,16-,17?,18-,31?/m1/s1. The first kappa shape index (κ1) is 22.2. The summed E-state index contributed by atoms with van der Waals surface area (Å²) < 4.78 is 48.9. The van der Waals surface area contributed by atoms with Gasteiger partial charge in [0.05, 0.1) is 6.61 Å². The number of fused-ring (bicyclic) bond motifs is 1. The van der Waals surface area contributed by atoms with Gasteiger partial charge in [-0.1, -0.05) is 17.7 Å². The van der Waals surface area contributed by atoms with E-state index in [0.717, 1.165) is 22.7 Å². The van der Waals surface area contributed by atoms with E-state index >= 15 is 4.39 Å². The van der Waals surface area contributed by atoms with Crippen molar-refractivity contribution in [1.29, 1.82) is 0 Å². The van der Waals surface area contributed by atoms with E-state index in [0.29, 0.717) is 16.9 Å². The Kier molecular flexibility index (Phi) is 5.59. The van der Waals surface area contributed by atoms with Crippen LogP contribution in [0.5, 0.6) is 5.75 Å². The molecule has 0 aliphatic carbocycles. The number of rotatable bonds is 4. The molecule has 31 heavy (non-hydrogen) atoms. The highest BCUT2D eigenvalue weighted by Crippen LogP contribution is 2.56. The maximum Gasteiger partial charge on any atom is 0.530 e. The van der Waals surface area contributed by atoms with Crippen LogP contribution in [0.4, 0.5) is 4.39 Å². The van der Waals surface area contributed by atoms with Crippen LogP contribution in [0.2, 0.25) is 0 Å². The minimum atomic E-state index is -4.25. The Labute approximate surface area is 176 Å². The normalized spacial score (nSPS) is 37.4. The third-order valence-corrected chi connectivity index (χ3v) is 6.41. The van der Waals surface area contributed by atoms with Crippen LogP contribution in [-0.2, 0) is 29.8 Å². The molecule has 4 rings (SSSR count). The fraction of sp³-hybridized carbons (Fsp3) is 0.500. The average molecular weight is 460 g/mol. The summed E-state index contributed by atoms with van der Waals surface area (Å²) in [6, 6.07) is 3.61. The molecule has 1 saturated heterocycles. The zero-order chi connectivity index (χ0) is 22.6. The van der Waals surface area contributed by atoms with Crippen LogP contribution in [-0.4, -0.2) is 63.4 Å². The van der Waals surface area contributed by atoms with Gasteiger partial charge in [0.2, 0.25) is 12.3 Å². The van der Waals surface area contributed by atoms with Crippen molar-refractivity contribution in [1.82, 2.24) is 10.2 Å². The van der Waals surface area contributed by atoms with Gasteiger partial charge in [-0.3, -0.25) is 13.8 Å². The molecular weight excluding hydrogens is 438 g/mol. The molecule has 0 aromatic heterocycles. The van der Waals surface area contributed by atoms with Crippen molar-refractivity contribution in [2.75, 3.05) is 6.61 Å². The molecule has 1 amide bonds. The van der Waals surface area contributed by atoms with E-state index in [1.807, 2.05) is 13.0 Å². The van der Waals surface area contributed by atoms with Crippen molar-refractivity contribution in [3.05, 3.63) is 41.1 Å². The van der Waals surface area contributed by atoms with Gasteiger partial charge in [0.1, 0.15) is 24.6 Å². The number of phosphoric acid groups is 1. The van der Waals surface area contributed by atoms with Gasteiger partial charge in [0.25, 0.3) is 5.85 Å². The molecule has 1 fully saturated rings. The molecule has 0 saturated carbocycles. The molecule has 170 valence electrons. The Hall–Kier alpha value is -2.05. The third kappa shape index (κ3) is 4.08. The maximum absolute atomic E-state index is 15.3. The second-order valence-corrected chi connectivity index (χ2v) is 9.12. The molecule has 6 atom stereocenters. The number of ether oxygens (including phenoxy) is 1. The first-order valence-corrected chi connectivity index (χ1v) is 10.8. The molecule has 3 heterocycles. The van der Waals surface area contributed by atoms with E-state index < -0.39 is 51.0 Å². The zero-order valence-corrected chi connectivity index (χ0v) is 17.5. The van der Waals surface area contributed by atoms with Gasteiger partial charge in [-0.2, -0.15) is 0 Å². The number of nitrogens with zero attached hydrogens (tertiary/aromatic N) is 1. The fourth-order valence-electron chi connectivity index (χ4n) is 3.61. The maximum atomic E-state index is 15.3. The number of aryl methyl sites for hydroxylation is 2. The first-order valence-electron chi connectivity index (χ1n) is 9.37. The minimum absolute atomic E-state index is 0.0897. The zero-order valence-electron chi connectivity index (χ0n) is 16.6. The number of nitrogens with one attached hydrogen (secondary N) is 1. The Morgan fingerprint density at radius 2 is 2.10 bits per heavy atom. The number of hydrogen-bond donors (Lipinski definition) is 4. The number of aliphatic hydroxyl groups is 3. The summed E-state index contributed by atoms with van der Waals surface area (Å²) in [6.45, 7) is 2.44. The number of hydrogen-bond acceptors (Lipinski definition) is 10. The van der Waals surface area contributed by atoms with E-state index in [2.05, 4.69) is 5.32 Å². The summed E-state index contributed by atoms with van der Waals surface area (Å²) in [7, 11) is -4.25. The number of halogens is 1. The van der Waals surface area contributed by atoms with Crippen molar-refractivity contribution in [2.24, 2.45) is 0 Å². The van der Waals surface area contributed by atoms with Crippen LogP contribution in [0.15, 0.2) is 24.4 Å². The summed E-state index contributed by atoms with van der Waals surface area (Å²) in [5.74, 6) is -3.32. The van der Waals surface area contributed by atoms with Gasteiger partial charge in [-0.05, 0) is 19.4 Å². The van der Waals surface area contributed by atoms with Crippen LogP contribution in [0.3, 0.4) is 0 Å². The predicted molar refractivity (Wildman–Crippen MR) is 101 cm³/mol. The highest BCUT2D eigenvalue weighted by molar-refractivity contribution is 7.49. The molecule has 2 unspecified atom stereocenters. The molecule has 0 spiro atoms. The predicted octanol–water partition coefficient (Wildman–Crippen LogP) is 0.302. The van der Waals surface area contributed by atoms with Crippen molar-refractivity contribution < 1.29 is 47.4 Å². The van der Waals surface area contributed by atoms with Crippen molar-refractivity contribution >= 4 is 13.7 Å². The minimum Gasteiger partial charge on any atom is -0.403 e. The Morgan fingerprint density at radius 3 is 2.81 bits per heavy atom. The van der Waals surface area contributed by atoms with Crippen LogP contribution >= 0.6 is 7.82 Å². The molecule has 0 bridgehead atoms. The second kappa shape index (κ2) is 7.82. The molecule has 4 N–H and O–H groups in total. The molecule has 13 heteroatoms. The summed E-state index contributed by atoms with van der Waals surface area (Å²) in [6.07, 6.45) is -5.05. The van der Waals surface area contributed by atoms with E-state index in [-0.39, 0.29) is 6.61 Å². The number of amides is 1. The smallest absolute Gasteiger partial charge is 0.403 e. The highest BCUT2D eigenvalue weighted by Gasteiger charge is 2.59. The number of carbonyl (C=O) groups is 1. The molecular formula is C18H22FN2O9P. The molecule has 1 aromatic rings. The highest BCUT2D eigenvalue weighted by atomic mass is 31.2. The fourth-order valence-corrected chi connectivity index (χ4v) is 4.91. The molecule has 3 aliphatic rings. The van der Waals surface area contributed by atoms with Gasteiger partial charge >= 0.3 is 7.82 Å². The largest absolute Gasteiger partial charge is 0.530 e. The van der Waals surface area contributed by atoms with E-state index in [9.17, 15) is 24.7 Å². The lowest BCUT2D eigenvalue weighted by molar-refractivity contribution is -0.225. The van der Waals surface area contributed by atoms with Gasteiger partial charge in [-0.15, -0.1) is 0 Å². The summed E-state index contributed by atoms with van der Waals surface area (Å²) >= 11 is 0. The van der Waals surface area contributed by atoms with Crippen LogP contribution in [0.25, 0.3) is 0 Å². The summed E-state index contributed by atoms with van der Waals surface area (Å²) in [5.41, 5.74) is 2.30. The number of carbonyl (C=O) groups excluding carboxylic acids is 1. The Morgan fingerprint density at radius 1 is 1.35 bits per heavy atom. The van der Waals surface area contributed by atoms with E-state index in [4.69, 9.17) is 18.3 Å². The van der Waals surface area contributed by atoms with Gasteiger partial charge < -0.3 is 34.8 Å². The van der Waals surface area contributed by atoms with Crippen LogP contribution < -0.4 is 9.84 Å². The monoisotopic (exact) mass is 460 g/mol. The second-order valence-electron chi connectivity index (χ2n) is 7.53. The van der Waals surface area contributed by atoms with Crippen molar-refractivity contribution in [2.45, 2.75) is 51.1 Å². The third-order valence-electron chi connectivity index (χ3n) is 5.12. The number of benzene rings is 1. The van der Waals surface area contributed by atoms with E-state index in [1.54, 1.807) is 13.0 Å². The summed E-state index contributed by atoms with van der Waals surface area (Å²) in [5, 5.41) is 32.4. The number of phosphoric ester groups is 1. The summed E-state index contributed by atoms with van der Waals surface area (Å²) in [4.78, 5) is 12.2. The van der Waals surface area contributed by atoms with Crippen LogP contribution in [0, 0.1) is 13.8 Å². The van der Waals surface area contributed by atoms with E-state index in [1.165, 1.54) is 0 Å². The molecule has 0 radical (unpaired) electrons. The topological polar surface area (TPSA) is 147 Å². The Bertz CT molecular complexity index is 976. The van der Waals surface area contributed by atoms with Crippen molar-refractivity contribution in [3.63, 3.8) is 0 Å². The lowest BCUT2D eigenvalue weighted by Crippen LogP contribution is -2.55. The quantitative estimate of drug-likeness (QED) is 0.463. The molecule has 11 nitrogen and oxygen atoms in total. The number of alkyl halides is 1. The average Bonchev–Trinajstić information content (AvgIpc) is 2.92. The lowest BCUT2D eigenvalue weighted by atomic mass is 10.1. The Balaban J connectivity index is 1.47. The SMILES string of the molecule is Cc1cc(C)c2c(c1)COP(=O)(OC[C@@]1(F)O[C@@H](N3C=CC(=O)NC3O)[C@H](O)[C@@H]1O)O2. The number of aliphatic hydroxyl groups excluding tert-OH is 3. The van der Waals surface area contributed by atoms with Crippen LogP contribution in [0.1, 0.15) is 16.7 Å². The lowest BCUT2D eigenvalue weighted by Gasteiger charge is -2.35. The first-order chi connectivity index (χ1) is 14.5. The van der Waals surface area contributed by atoms with Gasteiger partial charge in [0, 0.05) is 17.8 Å². The van der Waals surface area contributed by atoms with Gasteiger partial charge in [-0.25, -0.2) is 8.96 Å². The molecule has 3 aliphatic heterocycles. The molecule has 1 aromatic carbocycles. The van der Waals surface area contributed by atoms with Gasteiger partial charge in [0.15, 0.2) is 6.23 Å². The van der Waals surface area contributed by atoms with Crippen molar-refractivity contribution in [3.8, 4) is 5.75 Å².